The monoisotopic (exact) mass is 340 g/mol. The first-order valence-electron chi connectivity index (χ1n) is 5.76. The normalized spacial score (nSPS) is 10.2. The Morgan fingerprint density at radius 1 is 1.00 bits per heavy atom. The second kappa shape index (κ2) is 6.47. The Kier molecular flexibility index (Phi) is 4.68. The van der Waals surface area contributed by atoms with Crippen molar-refractivity contribution in [3.8, 4) is 0 Å². The van der Waals surface area contributed by atoms with Gasteiger partial charge in [0, 0.05) is 22.8 Å². The zero-order valence-electron chi connectivity index (χ0n) is 10.3. The highest BCUT2D eigenvalue weighted by Gasteiger charge is 2.06. The molecular formula is C14H11BrF2N2O. The Balaban J connectivity index is 2.04. The molecule has 0 bridgehead atoms. The molecule has 0 aliphatic carbocycles. The number of anilines is 2. The third-order valence-electron chi connectivity index (χ3n) is 2.46. The smallest absolute Gasteiger partial charge is 0.308 e. The van der Waals surface area contributed by atoms with Crippen LogP contribution in [0.1, 0.15) is 5.56 Å². The molecule has 2 aromatic carbocycles. The van der Waals surface area contributed by atoms with Crippen LogP contribution in [-0.2, 0) is 5.33 Å². The van der Waals surface area contributed by atoms with E-state index in [0.29, 0.717) is 11.0 Å². The first-order chi connectivity index (χ1) is 9.56. The molecule has 2 rings (SSSR count). The summed E-state index contributed by atoms with van der Waals surface area (Å²) in [5, 5.41) is 5.62. The van der Waals surface area contributed by atoms with E-state index in [9.17, 15) is 13.6 Å². The van der Waals surface area contributed by atoms with Gasteiger partial charge in [0.2, 0.25) is 0 Å². The van der Waals surface area contributed by atoms with E-state index in [0.717, 1.165) is 23.8 Å². The minimum atomic E-state index is -0.749. The van der Waals surface area contributed by atoms with Crippen molar-refractivity contribution in [2.24, 2.45) is 0 Å². The van der Waals surface area contributed by atoms with Crippen LogP contribution in [-0.4, -0.2) is 6.03 Å². The highest BCUT2D eigenvalue weighted by molar-refractivity contribution is 9.08. The zero-order valence-corrected chi connectivity index (χ0v) is 11.9. The Bertz CT molecular complexity index is 614. The summed E-state index contributed by atoms with van der Waals surface area (Å²) in [4.78, 5) is 11.7. The Labute approximate surface area is 123 Å². The van der Waals surface area contributed by atoms with Gasteiger partial charge in [-0.1, -0.05) is 28.1 Å². The van der Waals surface area contributed by atoms with Gasteiger partial charge in [-0.05, 0) is 29.8 Å². The molecule has 3 nitrogen and oxygen atoms in total. The van der Waals surface area contributed by atoms with Gasteiger partial charge < -0.3 is 10.6 Å². The van der Waals surface area contributed by atoms with Crippen molar-refractivity contribution < 1.29 is 13.6 Å². The number of halogens is 3. The van der Waals surface area contributed by atoms with Crippen LogP contribution in [0.15, 0.2) is 42.5 Å². The molecule has 0 aliphatic heterocycles. The van der Waals surface area contributed by atoms with Gasteiger partial charge in [0.1, 0.15) is 11.6 Å². The number of nitrogens with one attached hydrogen (secondary N) is 2. The van der Waals surface area contributed by atoms with Crippen LogP contribution < -0.4 is 10.6 Å². The number of urea groups is 1. The van der Waals surface area contributed by atoms with Gasteiger partial charge in [-0.25, -0.2) is 13.6 Å². The minimum Gasteiger partial charge on any atom is -0.308 e. The lowest BCUT2D eigenvalue weighted by Gasteiger charge is -2.08. The third kappa shape index (κ3) is 4.03. The summed E-state index contributed by atoms with van der Waals surface area (Å²) in [5.74, 6) is -1.50. The molecule has 0 saturated heterocycles. The van der Waals surface area contributed by atoms with Crippen molar-refractivity contribution in [3.63, 3.8) is 0 Å². The largest absolute Gasteiger partial charge is 0.323 e. The van der Waals surface area contributed by atoms with Crippen LogP contribution in [0.4, 0.5) is 25.0 Å². The highest BCUT2D eigenvalue weighted by atomic mass is 79.9. The van der Waals surface area contributed by atoms with E-state index in [4.69, 9.17) is 0 Å². The molecule has 0 aromatic heterocycles. The Morgan fingerprint density at radius 2 is 1.65 bits per heavy atom. The standard InChI is InChI=1S/C14H11BrF2N2O/c15-8-9-2-1-3-12(4-9)18-14(20)19-13-6-10(16)5-11(17)7-13/h1-7H,8H2,(H2,18,19,20). The number of carbonyl (C=O) groups excluding carboxylic acids is 1. The van der Waals surface area contributed by atoms with Crippen LogP contribution in [0.25, 0.3) is 0 Å². The van der Waals surface area contributed by atoms with Gasteiger partial charge in [-0.2, -0.15) is 0 Å². The molecule has 0 unspecified atom stereocenters. The molecule has 0 spiro atoms. The number of hydrogen-bond acceptors (Lipinski definition) is 1. The lowest BCUT2D eigenvalue weighted by atomic mass is 10.2. The van der Waals surface area contributed by atoms with Gasteiger partial charge in [0.25, 0.3) is 0 Å². The van der Waals surface area contributed by atoms with Crippen LogP contribution in [0.5, 0.6) is 0 Å². The van der Waals surface area contributed by atoms with E-state index in [1.165, 1.54) is 0 Å². The maximum atomic E-state index is 13.0. The van der Waals surface area contributed by atoms with E-state index in [1.54, 1.807) is 18.2 Å². The highest BCUT2D eigenvalue weighted by Crippen LogP contribution is 2.15. The van der Waals surface area contributed by atoms with Crippen molar-refractivity contribution in [2.75, 3.05) is 10.6 Å². The molecular weight excluding hydrogens is 330 g/mol. The Morgan fingerprint density at radius 3 is 2.30 bits per heavy atom. The molecule has 0 heterocycles. The number of carbonyl (C=O) groups is 1. The maximum Gasteiger partial charge on any atom is 0.323 e. The van der Waals surface area contributed by atoms with E-state index in [2.05, 4.69) is 26.6 Å². The molecule has 0 radical (unpaired) electrons. The van der Waals surface area contributed by atoms with Crippen molar-refractivity contribution in [3.05, 3.63) is 59.7 Å². The quantitative estimate of drug-likeness (QED) is 0.793. The summed E-state index contributed by atoms with van der Waals surface area (Å²) in [6.45, 7) is 0. The number of alkyl halides is 1. The van der Waals surface area contributed by atoms with Gasteiger partial charge in [0.05, 0.1) is 0 Å². The predicted molar refractivity (Wildman–Crippen MR) is 78.1 cm³/mol. The summed E-state index contributed by atoms with van der Waals surface area (Å²) in [7, 11) is 0. The zero-order chi connectivity index (χ0) is 14.5. The average molecular weight is 341 g/mol. The van der Waals surface area contributed by atoms with E-state index in [-0.39, 0.29) is 5.69 Å². The van der Waals surface area contributed by atoms with Gasteiger partial charge >= 0.3 is 6.03 Å². The second-order valence-corrected chi connectivity index (χ2v) is 4.63. The Hall–Kier alpha value is -1.95. The van der Waals surface area contributed by atoms with Crippen molar-refractivity contribution in [2.45, 2.75) is 5.33 Å². The van der Waals surface area contributed by atoms with Crippen LogP contribution >= 0.6 is 15.9 Å². The van der Waals surface area contributed by atoms with Crippen LogP contribution in [0, 0.1) is 11.6 Å². The second-order valence-electron chi connectivity index (χ2n) is 4.07. The SMILES string of the molecule is O=C(Nc1cc(F)cc(F)c1)Nc1cccc(CBr)c1. The number of hydrogen-bond donors (Lipinski definition) is 2. The fourth-order valence-electron chi connectivity index (χ4n) is 1.65. The number of benzene rings is 2. The summed E-state index contributed by atoms with van der Waals surface area (Å²) >= 11 is 3.32. The topological polar surface area (TPSA) is 41.1 Å². The first-order valence-corrected chi connectivity index (χ1v) is 6.88. The molecule has 2 amide bonds. The van der Waals surface area contributed by atoms with Gasteiger partial charge in [-0.15, -0.1) is 0 Å². The predicted octanol–water partition coefficient (Wildman–Crippen LogP) is 4.50. The summed E-state index contributed by atoms with van der Waals surface area (Å²) in [5.41, 5.74) is 1.65. The van der Waals surface area contributed by atoms with E-state index in [1.807, 2.05) is 6.07 Å². The molecule has 0 aliphatic rings. The molecule has 2 aromatic rings. The maximum absolute atomic E-state index is 13.0. The lowest BCUT2D eigenvalue weighted by molar-refractivity contribution is 0.262. The molecule has 2 N–H and O–H groups in total. The summed E-state index contributed by atoms with van der Waals surface area (Å²) in [6.07, 6.45) is 0. The van der Waals surface area contributed by atoms with Gasteiger partial charge in [-0.3, -0.25) is 0 Å². The number of amides is 2. The minimum absolute atomic E-state index is 0.0525. The number of rotatable bonds is 3. The fraction of sp³-hybridized carbons (Fsp3) is 0.0714. The summed E-state index contributed by atoms with van der Waals surface area (Å²) in [6, 6.07) is 9.46. The van der Waals surface area contributed by atoms with Crippen molar-refractivity contribution in [1.82, 2.24) is 0 Å². The molecule has 0 saturated carbocycles. The van der Waals surface area contributed by atoms with Crippen molar-refractivity contribution >= 4 is 33.3 Å². The average Bonchev–Trinajstić information content (AvgIpc) is 2.37. The van der Waals surface area contributed by atoms with Crippen molar-refractivity contribution in [1.29, 1.82) is 0 Å². The first kappa shape index (κ1) is 14.5. The molecule has 0 atom stereocenters. The fourth-order valence-corrected chi connectivity index (χ4v) is 2.00. The lowest BCUT2D eigenvalue weighted by Crippen LogP contribution is -2.19. The molecule has 20 heavy (non-hydrogen) atoms. The third-order valence-corrected chi connectivity index (χ3v) is 3.11. The molecule has 0 fully saturated rings. The van der Waals surface area contributed by atoms with Gasteiger partial charge in [0.15, 0.2) is 0 Å². The van der Waals surface area contributed by atoms with Crippen LogP contribution in [0.2, 0.25) is 0 Å². The van der Waals surface area contributed by atoms with Crippen LogP contribution in [0.3, 0.4) is 0 Å². The molecule has 6 heteroatoms. The summed E-state index contributed by atoms with van der Waals surface area (Å²) < 4.78 is 26.0. The molecule has 104 valence electrons. The van der Waals surface area contributed by atoms with E-state index < -0.39 is 17.7 Å². The van der Waals surface area contributed by atoms with E-state index >= 15 is 0 Å².